The van der Waals surface area contributed by atoms with Gasteiger partial charge in [0, 0.05) is 48.2 Å². The third-order valence-corrected chi connectivity index (χ3v) is 7.31. The number of carboxylic acids is 1. The number of benzene rings is 1. The quantitative estimate of drug-likeness (QED) is 0.362. The number of carbonyl (C=O) groups excluding carboxylic acids is 2. The van der Waals surface area contributed by atoms with E-state index < -0.39 is 22.5 Å². The summed E-state index contributed by atoms with van der Waals surface area (Å²) in [7, 11) is 0. The van der Waals surface area contributed by atoms with Crippen molar-refractivity contribution in [2.24, 2.45) is 5.41 Å². The number of amides is 2. The maximum atomic E-state index is 13.0. The molecule has 2 amide bonds. The van der Waals surface area contributed by atoms with Gasteiger partial charge in [0.1, 0.15) is 15.3 Å². The Hall–Kier alpha value is -3.95. The predicted octanol–water partition coefficient (Wildman–Crippen LogP) is 1.35. The van der Waals surface area contributed by atoms with Gasteiger partial charge >= 0.3 is 5.97 Å². The third kappa shape index (κ3) is 7.55. The van der Waals surface area contributed by atoms with Gasteiger partial charge in [-0.3, -0.25) is 19.0 Å². The van der Waals surface area contributed by atoms with Gasteiger partial charge in [-0.05, 0) is 51.1 Å². The van der Waals surface area contributed by atoms with Gasteiger partial charge in [-0.1, -0.05) is 20.8 Å². The van der Waals surface area contributed by atoms with Crippen LogP contribution in [-0.2, 0) is 16.1 Å². The number of aliphatic carboxylic acids is 1. The summed E-state index contributed by atoms with van der Waals surface area (Å²) >= 11 is 0.881. The molecule has 0 aliphatic carbocycles. The molecule has 1 aromatic heterocycles. The number of nitrogens with zero attached hydrogens (tertiary/aromatic N) is 3. The highest BCUT2D eigenvalue weighted by molar-refractivity contribution is 7.07. The lowest BCUT2D eigenvalue weighted by Gasteiger charge is -2.19. The van der Waals surface area contributed by atoms with Crippen molar-refractivity contribution in [2.45, 2.75) is 47.1 Å². The molecule has 1 fully saturated rings. The monoisotopic (exact) mass is 554 g/mol. The van der Waals surface area contributed by atoms with E-state index in [0.717, 1.165) is 43.8 Å². The minimum Gasteiger partial charge on any atom is -0.477 e. The summed E-state index contributed by atoms with van der Waals surface area (Å²) in [6.07, 6.45) is 3.73. The summed E-state index contributed by atoms with van der Waals surface area (Å²) in [6, 6.07) is 6.48. The SMILES string of the molecule is CCn1c(=C(C#N)C(=O)O)sc(=CNc2cc(NC(=O)C(C)(C)C)cc(C(=O)NCCN3CCCC3)c2)c1=O. The van der Waals surface area contributed by atoms with Crippen molar-refractivity contribution in [3.05, 3.63) is 43.3 Å². The van der Waals surface area contributed by atoms with Crippen molar-refractivity contribution >= 4 is 52.3 Å². The van der Waals surface area contributed by atoms with Gasteiger partial charge in [-0.15, -0.1) is 11.3 Å². The van der Waals surface area contributed by atoms with Crippen molar-refractivity contribution in [1.82, 2.24) is 14.8 Å². The first kappa shape index (κ1) is 29.6. The van der Waals surface area contributed by atoms with Gasteiger partial charge in [0.05, 0.1) is 0 Å². The van der Waals surface area contributed by atoms with Crippen LogP contribution in [0.15, 0.2) is 23.0 Å². The van der Waals surface area contributed by atoms with Gasteiger partial charge < -0.3 is 26.0 Å². The highest BCUT2D eigenvalue weighted by atomic mass is 32.1. The molecule has 2 aromatic rings. The zero-order valence-electron chi connectivity index (χ0n) is 22.6. The standard InChI is InChI=1S/C27H34N6O5S/c1-5-33-23(35)21(39-24(33)20(15-28)25(36)37)16-30-18-12-17(13-19(14-18)31-26(38)27(2,3)4)22(34)29-8-11-32-9-6-7-10-32/h12-14,16,30H,5-11H2,1-4H3,(H,29,34)(H,31,38)(H,36,37). The van der Waals surface area contributed by atoms with E-state index in [1.165, 1.54) is 10.8 Å². The van der Waals surface area contributed by atoms with Gasteiger partial charge in [-0.25, -0.2) is 4.79 Å². The summed E-state index contributed by atoms with van der Waals surface area (Å²) < 4.78 is 1.46. The van der Waals surface area contributed by atoms with Gasteiger partial charge in [-0.2, -0.15) is 5.26 Å². The van der Waals surface area contributed by atoms with Crippen LogP contribution in [0.3, 0.4) is 0 Å². The smallest absolute Gasteiger partial charge is 0.349 e. The van der Waals surface area contributed by atoms with Crippen LogP contribution in [0, 0.1) is 16.7 Å². The number of hydrogen-bond donors (Lipinski definition) is 4. The third-order valence-electron chi connectivity index (χ3n) is 6.18. The number of hydrogen-bond acceptors (Lipinski definition) is 8. The van der Waals surface area contributed by atoms with E-state index >= 15 is 0 Å². The Kier molecular flexibility index (Phi) is 9.66. The Morgan fingerprint density at radius 2 is 1.82 bits per heavy atom. The molecule has 39 heavy (non-hydrogen) atoms. The van der Waals surface area contributed by atoms with Crippen LogP contribution in [0.25, 0.3) is 11.8 Å². The highest BCUT2D eigenvalue weighted by Gasteiger charge is 2.22. The van der Waals surface area contributed by atoms with Crippen LogP contribution in [0.2, 0.25) is 0 Å². The van der Waals surface area contributed by atoms with Crippen LogP contribution in [-0.4, -0.2) is 58.5 Å². The van der Waals surface area contributed by atoms with Gasteiger partial charge in [0.2, 0.25) is 5.91 Å². The molecule has 0 unspecified atom stereocenters. The first-order valence-electron chi connectivity index (χ1n) is 12.8. The fourth-order valence-electron chi connectivity index (χ4n) is 4.00. The number of thiazole rings is 1. The summed E-state index contributed by atoms with van der Waals surface area (Å²) in [5.41, 5.74) is -0.462. The second kappa shape index (κ2) is 12.7. The topological polar surface area (TPSA) is 157 Å². The molecule has 0 spiro atoms. The minimum atomic E-state index is -1.41. The van der Waals surface area contributed by atoms with Crippen molar-refractivity contribution in [1.29, 1.82) is 5.26 Å². The molecule has 4 N–H and O–H groups in total. The molecule has 1 aliphatic heterocycles. The van der Waals surface area contributed by atoms with Crippen molar-refractivity contribution < 1.29 is 19.5 Å². The second-order valence-electron chi connectivity index (χ2n) is 10.2. The molecule has 0 radical (unpaired) electrons. The molecule has 0 saturated carbocycles. The summed E-state index contributed by atoms with van der Waals surface area (Å²) in [4.78, 5) is 52.2. The summed E-state index contributed by atoms with van der Waals surface area (Å²) in [5, 5.41) is 27.4. The van der Waals surface area contributed by atoms with Gasteiger partial charge in [0.25, 0.3) is 11.5 Å². The van der Waals surface area contributed by atoms with E-state index in [2.05, 4.69) is 20.9 Å². The number of rotatable bonds is 9. The largest absolute Gasteiger partial charge is 0.477 e. The summed E-state index contributed by atoms with van der Waals surface area (Å²) in [5.74, 6) is -1.94. The minimum absolute atomic E-state index is 0.0508. The van der Waals surface area contributed by atoms with Crippen molar-refractivity contribution in [3.8, 4) is 6.07 Å². The molecular formula is C27H34N6O5S. The molecular weight excluding hydrogens is 520 g/mol. The molecule has 3 rings (SSSR count). The molecule has 1 aromatic carbocycles. The normalized spacial score (nSPS) is 15.0. The van der Waals surface area contributed by atoms with Crippen LogP contribution in [0.4, 0.5) is 11.4 Å². The van der Waals surface area contributed by atoms with E-state index in [9.17, 15) is 29.5 Å². The first-order chi connectivity index (χ1) is 18.4. The lowest BCUT2D eigenvalue weighted by atomic mass is 9.95. The van der Waals surface area contributed by atoms with E-state index in [4.69, 9.17) is 0 Å². The fourth-order valence-corrected chi connectivity index (χ4v) is 5.08. The molecule has 2 heterocycles. The Balaban J connectivity index is 1.95. The summed E-state index contributed by atoms with van der Waals surface area (Å²) in [6.45, 7) is 10.5. The molecule has 0 bridgehead atoms. The van der Waals surface area contributed by atoms with E-state index in [1.54, 1.807) is 52.0 Å². The zero-order chi connectivity index (χ0) is 28.7. The van der Waals surface area contributed by atoms with Crippen LogP contribution >= 0.6 is 11.3 Å². The predicted molar refractivity (Wildman–Crippen MR) is 151 cm³/mol. The number of nitriles is 1. The molecule has 11 nitrogen and oxygen atoms in total. The fraction of sp³-hybridized carbons (Fsp3) is 0.444. The molecule has 208 valence electrons. The highest BCUT2D eigenvalue weighted by Crippen LogP contribution is 2.22. The van der Waals surface area contributed by atoms with Crippen molar-refractivity contribution in [3.63, 3.8) is 0 Å². The Morgan fingerprint density at radius 1 is 1.15 bits per heavy atom. The molecule has 1 saturated heterocycles. The number of aromatic nitrogens is 1. The Labute approximate surface area is 230 Å². The van der Waals surface area contributed by atoms with E-state index in [0.29, 0.717) is 23.5 Å². The van der Waals surface area contributed by atoms with Gasteiger partial charge in [0.15, 0.2) is 5.57 Å². The zero-order valence-corrected chi connectivity index (χ0v) is 23.4. The Morgan fingerprint density at radius 3 is 2.41 bits per heavy atom. The average Bonchev–Trinajstić information content (AvgIpc) is 3.50. The maximum Gasteiger partial charge on any atom is 0.349 e. The number of likely N-dealkylation sites (tertiary alicyclic amines) is 1. The number of anilines is 2. The molecule has 1 aliphatic rings. The van der Waals surface area contributed by atoms with Crippen LogP contribution in [0.5, 0.6) is 0 Å². The molecule has 12 heteroatoms. The van der Waals surface area contributed by atoms with Crippen LogP contribution in [0.1, 0.15) is 50.9 Å². The second-order valence-corrected chi connectivity index (χ2v) is 11.2. The average molecular weight is 555 g/mol. The van der Waals surface area contributed by atoms with E-state index in [1.807, 2.05) is 0 Å². The number of carbonyl (C=O) groups is 3. The number of nitrogens with one attached hydrogen (secondary N) is 3. The number of carboxylic acid groups (broad SMARTS) is 1. The first-order valence-corrected chi connectivity index (χ1v) is 13.6. The lowest BCUT2D eigenvalue weighted by Crippen LogP contribution is -2.33. The molecule has 0 atom stereocenters. The lowest BCUT2D eigenvalue weighted by molar-refractivity contribution is -0.130. The van der Waals surface area contributed by atoms with E-state index in [-0.39, 0.29) is 27.6 Å². The van der Waals surface area contributed by atoms with Crippen molar-refractivity contribution in [2.75, 3.05) is 36.8 Å². The Bertz CT molecular complexity index is 1470. The maximum absolute atomic E-state index is 13.0. The van der Waals surface area contributed by atoms with Crippen LogP contribution < -0.4 is 30.7 Å².